The van der Waals surface area contributed by atoms with Crippen LogP contribution >= 0.6 is 12.6 Å². The molecule has 0 aliphatic heterocycles. The molecule has 0 spiro atoms. The molecule has 0 amide bonds. The lowest BCUT2D eigenvalue weighted by Gasteiger charge is -1.95. The Balaban J connectivity index is 4.38. The summed E-state index contributed by atoms with van der Waals surface area (Å²) in [5.41, 5.74) is 1.32. The number of nitrogens with zero attached hydrogens (tertiary/aromatic N) is 3. The summed E-state index contributed by atoms with van der Waals surface area (Å²) < 4.78 is 0. The molecule has 0 aliphatic rings. The lowest BCUT2D eigenvalue weighted by molar-refractivity contribution is 1.14. The Morgan fingerprint density at radius 2 is 1.83 bits per heavy atom. The van der Waals surface area contributed by atoms with Gasteiger partial charge in [0.25, 0.3) is 0 Å². The first kappa shape index (κ1) is 11.0. The summed E-state index contributed by atoms with van der Waals surface area (Å²) in [6.07, 6.45) is 0. The fourth-order valence-corrected chi connectivity index (χ4v) is 0.383. The molecule has 0 heterocycles. The highest BCUT2D eigenvalue weighted by atomic mass is 32.1. The third-order valence-electron chi connectivity index (χ3n) is 1.24. The number of hydrazone groups is 1. The van der Waals surface area contributed by atoms with E-state index < -0.39 is 0 Å². The predicted octanol–water partition coefficient (Wildman–Crippen LogP) is 0.202. The Morgan fingerprint density at radius 1 is 1.25 bits per heavy atom. The van der Waals surface area contributed by atoms with Crippen molar-refractivity contribution >= 4 is 29.2 Å². The zero-order chi connectivity index (χ0) is 9.56. The number of nitrogens with two attached hydrogens (primary N) is 1. The second-order valence-corrected chi connectivity index (χ2v) is 2.50. The van der Waals surface area contributed by atoms with Crippen LogP contribution in [0.2, 0.25) is 0 Å². The van der Waals surface area contributed by atoms with E-state index in [1.165, 1.54) is 0 Å². The number of hydrogen-bond donors (Lipinski definition) is 3. The van der Waals surface area contributed by atoms with Gasteiger partial charge in [0, 0.05) is 7.05 Å². The SMILES string of the molecule is CN/C(S)=N/N=C(C)/C(C)=N/N. The van der Waals surface area contributed by atoms with Crippen LogP contribution < -0.4 is 11.2 Å². The maximum atomic E-state index is 5.04. The molecular weight excluding hydrogens is 174 g/mol. The third-order valence-corrected chi connectivity index (χ3v) is 1.55. The van der Waals surface area contributed by atoms with Gasteiger partial charge in [-0.2, -0.15) is 10.2 Å². The van der Waals surface area contributed by atoms with Crippen molar-refractivity contribution < 1.29 is 0 Å². The number of rotatable bonds is 2. The minimum atomic E-state index is 0.444. The van der Waals surface area contributed by atoms with Crippen LogP contribution in [0.15, 0.2) is 15.3 Å². The Morgan fingerprint density at radius 3 is 2.25 bits per heavy atom. The van der Waals surface area contributed by atoms with Crippen LogP contribution in [0.3, 0.4) is 0 Å². The predicted molar refractivity (Wildman–Crippen MR) is 55.9 cm³/mol. The molecule has 0 aromatic rings. The highest BCUT2D eigenvalue weighted by Crippen LogP contribution is 1.86. The van der Waals surface area contributed by atoms with Gasteiger partial charge in [0.05, 0.1) is 11.4 Å². The minimum Gasteiger partial charge on any atom is -0.366 e. The highest BCUT2D eigenvalue weighted by Gasteiger charge is 1.94. The van der Waals surface area contributed by atoms with Gasteiger partial charge in [0.15, 0.2) is 5.17 Å². The van der Waals surface area contributed by atoms with Crippen LogP contribution in [0.25, 0.3) is 0 Å². The average Bonchev–Trinajstić information content (AvgIpc) is 2.11. The van der Waals surface area contributed by atoms with Gasteiger partial charge in [0.2, 0.25) is 0 Å². The smallest absolute Gasteiger partial charge is 0.179 e. The van der Waals surface area contributed by atoms with Crippen LogP contribution in [0.5, 0.6) is 0 Å². The molecule has 0 bridgehead atoms. The molecule has 0 saturated carbocycles. The number of hydrogen-bond acceptors (Lipinski definition) is 4. The second kappa shape index (κ2) is 5.59. The molecule has 5 nitrogen and oxygen atoms in total. The first-order valence-electron chi connectivity index (χ1n) is 3.35. The fourth-order valence-electron chi connectivity index (χ4n) is 0.338. The molecule has 0 unspecified atom stereocenters. The Hall–Kier alpha value is -1.04. The van der Waals surface area contributed by atoms with E-state index in [4.69, 9.17) is 5.84 Å². The molecular formula is C6H13N5S. The van der Waals surface area contributed by atoms with E-state index >= 15 is 0 Å². The van der Waals surface area contributed by atoms with Crippen molar-refractivity contribution in [1.29, 1.82) is 0 Å². The maximum Gasteiger partial charge on any atom is 0.179 e. The van der Waals surface area contributed by atoms with Crippen molar-refractivity contribution in [3.63, 3.8) is 0 Å². The molecule has 0 rings (SSSR count). The van der Waals surface area contributed by atoms with Crippen LogP contribution in [-0.4, -0.2) is 23.6 Å². The van der Waals surface area contributed by atoms with Gasteiger partial charge < -0.3 is 11.2 Å². The van der Waals surface area contributed by atoms with Crippen molar-refractivity contribution in [2.24, 2.45) is 21.1 Å². The van der Waals surface area contributed by atoms with Gasteiger partial charge in [0.1, 0.15) is 0 Å². The molecule has 0 aliphatic carbocycles. The second-order valence-electron chi connectivity index (χ2n) is 2.07. The Labute approximate surface area is 77.2 Å². The van der Waals surface area contributed by atoms with E-state index in [0.717, 1.165) is 0 Å². The van der Waals surface area contributed by atoms with Crippen molar-refractivity contribution in [3.8, 4) is 0 Å². The average molecular weight is 187 g/mol. The quantitative estimate of drug-likeness (QED) is 0.190. The topological polar surface area (TPSA) is 75.1 Å². The Kier molecular flexibility index (Phi) is 5.11. The highest BCUT2D eigenvalue weighted by molar-refractivity contribution is 7.96. The van der Waals surface area contributed by atoms with Crippen molar-refractivity contribution in [2.75, 3.05) is 7.05 Å². The summed E-state index contributed by atoms with van der Waals surface area (Å²) in [6.45, 7) is 3.53. The van der Waals surface area contributed by atoms with Crippen molar-refractivity contribution in [1.82, 2.24) is 5.32 Å². The van der Waals surface area contributed by atoms with Gasteiger partial charge in [-0.05, 0) is 13.8 Å². The summed E-state index contributed by atoms with van der Waals surface area (Å²) in [5.74, 6) is 5.04. The lowest BCUT2D eigenvalue weighted by atomic mass is 10.3. The monoisotopic (exact) mass is 187 g/mol. The van der Waals surface area contributed by atoms with Crippen LogP contribution in [0, 0.1) is 0 Å². The molecule has 0 atom stereocenters. The van der Waals surface area contributed by atoms with E-state index in [0.29, 0.717) is 16.6 Å². The summed E-state index contributed by atoms with van der Waals surface area (Å²) in [4.78, 5) is 0. The van der Waals surface area contributed by atoms with Crippen molar-refractivity contribution in [2.45, 2.75) is 13.8 Å². The van der Waals surface area contributed by atoms with E-state index in [1.54, 1.807) is 20.9 Å². The fraction of sp³-hybridized carbons (Fsp3) is 0.500. The molecule has 6 heteroatoms. The van der Waals surface area contributed by atoms with Crippen molar-refractivity contribution in [3.05, 3.63) is 0 Å². The molecule has 0 radical (unpaired) electrons. The summed E-state index contributed by atoms with van der Waals surface area (Å²) in [5, 5.41) is 14.2. The normalized spacial score (nSPS) is 14.8. The summed E-state index contributed by atoms with van der Waals surface area (Å²) in [7, 11) is 1.71. The zero-order valence-electron chi connectivity index (χ0n) is 7.37. The van der Waals surface area contributed by atoms with Crippen LogP contribution in [-0.2, 0) is 0 Å². The van der Waals surface area contributed by atoms with Crippen LogP contribution in [0.4, 0.5) is 0 Å². The molecule has 68 valence electrons. The maximum absolute atomic E-state index is 5.04. The van der Waals surface area contributed by atoms with E-state index in [1.807, 2.05) is 0 Å². The number of nitrogens with one attached hydrogen (secondary N) is 1. The molecule has 0 saturated heterocycles. The standard InChI is InChI=1S/C6H13N5S/c1-4(9-7)5(2)10-11-6(12)8-3/h7H2,1-3H3,(H2,8,11,12)/b9-4+,10-5+. The number of thiol groups is 1. The summed E-state index contributed by atoms with van der Waals surface area (Å²) in [6, 6.07) is 0. The third kappa shape index (κ3) is 3.97. The molecule has 0 aromatic carbocycles. The van der Waals surface area contributed by atoms with Gasteiger partial charge in [-0.1, -0.05) is 0 Å². The number of amidine groups is 1. The van der Waals surface area contributed by atoms with Gasteiger partial charge in [-0.25, -0.2) is 0 Å². The van der Waals surface area contributed by atoms with Gasteiger partial charge >= 0.3 is 0 Å². The first-order chi connectivity index (χ1) is 5.61. The molecule has 0 aromatic heterocycles. The zero-order valence-corrected chi connectivity index (χ0v) is 8.26. The first-order valence-corrected chi connectivity index (χ1v) is 3.80. The molecule has 0 fully saturated rings. The molecule has 3 N–H and O–H groups in total. The van der Waals surface area contributed by atoms with Crippen LogP contribution in [0.1, 0.15) is 13.8 Å². The largest absolute Gasteiger partial charge is 0.366 e. The summed E-state index contributed by atoms with van der Waals surface area (Å²) >= 11 is 3.96. The van der Waals surface area contributed by atoms with E-state index in [2.05, 4.69) is 33.2 Å². The lowest BCUT2D eigenvalue weighted by Crippen LogP contribution is -2.12. The van der Waals surface area contributed by atoms with Gasteiger partial charge in [-0.15, -0.1) is 17.7 Å². The van der Waals surface area contributed by atoms with E-state index in [-0.39, 0.29) is 0 Å². The molecule has 12 heavy (non-hydrogen) atoms. The van der Waals surface area contributed by atoms with E-state index in [9.17, 15) is 0 Å². The van der Waals surface area contributed by atoms with Gasteiger partial charge in [-0.3, -0.25) is 0 Å². The minimum absolute atomic E-state index is 0.444. The Bertz CT molecular complexity index is 230.